The number of hydrogen-bond donors (Lipinski definition) is 1. The van der Waals surface area contributed by atoms with Crippen LogP contribution in [0.3, 0.4) is 0 Å². The van der Waals surface area contributed by atoms with Crippen LogP contribution in [0.2, 0.25) is 5.15 Å². The molecule has 0 saturated carbocycles. The van der Waals surface area contributed by atoms with Crippen molar-refractivity contribution in [2.75, 3.05) is 13.2 Å². The molecule has 0 bridgehead atoms. The van der Waals surface area contributed by atoms with Crippen molar-refractivity contribution in [2.45, 2.75) is 19.4 Å². The summed E-state index contributed by atoms with van der Waals surface area (Å²) in [6.45, 7) is 3.02. The molecule has 0 spiro atoms. The molecule has 1 amide bonds. The first kappa shape index (κ1) is 14.7. The number of amides is 1. The highest BCUT2D eigenvalue weighted by molar-refractivity contribution is 6.32. The Hall–Kier alpha value is -1.73. The number of hydrogen-bond acceptors (Lipinski definition) is 5. The Morgan fingerprint density at radius 1 is 1.70 bits per heavy atom. The zero-order valence-electron chi connectivity index (χ0n) is 10.8. The first-order valence-corrected chi connectivity index (χ1v) is 6.57. The minimum Gasteiger partial charge on any atom is -0.378 e. The van der Waals surface area contributed by atoms with E-state index in [9.17, 15) is 14.9 Å². The van der Waals surface area contributed by atoms with Gasteiger partial charge in [-0.1, -0.05) is 11.6 Å². The third kappa shape index (κ3) is 3.05. The standard InChI is InChI=1S/C12H14ClN3O4/c1-7-8(3-5-20-7)6-15-12(17)9-2-4-14-11(13)10(9)16(18)19/h2,4,7-8H,3,5-6H2,1H3,(H,15,17). The third-order valence-corrected chi connectivity index (χ3v) is 3.64. The molecule has 0 radical (unpaired) electrons. The van der Waals surface area contributed by atoms with Crippen molar-refractivity contribution in [3.05, 3.63) is 33.1 Å². The van der Waals surface area contributed by atoms with Crippen LogP contribution in [0.25, 0.3) is 0 Å². The fourth-order valence-corrected chi connectivity index (χ4v) is 2.38. The van der Waals surface area contributed by atoms with Crippen LogP contribution in [0.5, 0.6) is 0 Å². The smallest absolute Gasteiger partial charge is 0.319 e. The number of ether oxygens (including phenoxy) is 1. The summed E-state index contributed by atoms with van der Waals surface area (Å²) in [4.78, 5) is 25.9. The zero-order valence-corrected chi connectivity index (χ0v) is 11.6. The molecule has 2 heterocycles. The number of nitro groups is 1. The van der Waals surface area contributed by atoms with Gasteiger partial charge in [0.15, 0.2) is 0 Å². The van der Waals surface area contributed by atoms with Gasteiger partial charge >= 0.3 is 5.69 Å². The van der Waals surface area contributed by atoms with E-state index in [0.717, 1.165) is 6.42 Å². The first-order valence-electron chi connectivity index (χ1n) is 6.19. The maximum absolute atomic E-state index is 12.0. The first-order chi connectivity index (χ1) is 9.50. The number of aromatic nitrogens is 1. The van der Waals surface area contributed by atoms with E-state index >= 15 is 0 Å². The summed E-state index contributed by atoms with van der Waals surface area (Å²) < 4.78 is 5.39. The Labute approximate surface area is 120 Å². The summed E-state index contributed by atoms with van der Waals surface area (Å²) in [5.74, 6) is -0.310. The number of halogens is 1. The maximum Gasteiger partial charge on any atom is 0.319 e. The summed E-state index contributed by atoms with van der Waals surface area (Å²) in [5.41, 5.74) is -0.552. The number of nitrogens with zero attached hydrogens (tertiary/aromatic N) is 2. The van der Waals surface area contributed by atoms with Crippen LogP contribution in [-0.2, 0) is 4.74 Å². The van der Waals surface area contributed by atoms with Gasteiger partial charge in [0, 0.05) is 25.3 Å². The van der Waals surface area contributed by atoms with E-state index in [0.29, 0.717) is 13.2 Å². The van der Waals surface area contributed by atoms with Crippen LogP contribution in [0.1, 0.15) is 23.7 Å². The maximum atomic E-state index is 12.0. The van der Waals surface area contributed by atoms with Crippen molar-refractivity contribution in [2.24, 2.45) is 5.92 Å². The van der Waals surface area contributed by atoms with E-state index in [-0.39, 0.29) is 22.7 Å². The predicted molar refractivity (Wildman–Crippen MR) is 71.8 cm³/mol. The minimum atomic E-state index is -0.703. The molecule has 1 aliphatic rings. The lowest BCUT2D eigenvalue weighted by molar-refractivity contribution is -0.385. The highest BCUT2D eigenvalue weighted by atomic mass is 35.5. The molecule has 1 saturated heterocycles. The van der Waals surface area contributed by atoms with Gasteiger partial charge in [0.25, 0.3) is 5.91 Å². The largest absolute Gasteiger partial charge is 0.378 e. The molecule has 1 N–H and O–H groups in total. The van der Waals surface area contributed by atoms with Gasteiger partial charge in [-0.2, -0.15) is 0 Å². The molecular weight excluding hydrogens is 286 g/mol. The second-order valence-electron chi connectivity index (χ2n) is 4.59. The summed E-state index contributed by atoms with van der Waals surface area (Å²) in [7, 11) is 0. The molecule has 2 rings (SSSR count). The minimum absolute atomic E-state index is 0.0753. The molecule has 7 nitrogen and oxygen atoms in total. The normalized spacial score (nSPS) is 21.7. The molecule has 1 fully saturated rings. The Bertz CT molecular complexity index is 537. The highest BCUT2D eigenvalue weighted by Gasteiger charge is 2.27. The van der Waals surface area contributed by atoms with Crippen LogP contribution in [-0.4, -0.2) is 35.1 Å². The summed E-state index contributed by atoms with van der Waals surface area (Å²) in [5, 5.41) is 13.3. The lowest BCUT2D eigenvalue weighted by Gasteiger charge is -2.14. The van der Waals surface area contributed by atoms with E-state index in [1.54, 1.807) is 0 Å². The van der Waals surface area contributed by atoms with Crippen LogP contribution >= 0.6 is 11.6 Å². The number of rotatable bonds is 4. The Morgan fingerprint density at radius 2 is 2.45 bits per heavy atom. The van der Waals surface area contributed by atoms with Crippen LogP contribution < -0.4 is 5.32 Å². The van der Waals surface area contributed by atoms with Crippen LogP contribution in [0.15, 0.2) is 12.3 Å². The van der Waals surface area contributed by atoms with Crippen LogP contribution in [0.4, 0.5) is 5.69 Å². The number of pyridine rings is 1. The molecule has 2 unspecified atom stereocenters. The topological polar surface area (TPSA) is 94.4 Å². The van der Waals surface area contributed by atoms with Gasteiger partial charge in [-0.05, 0) is 19.4 Å². The van der Waals surface area contributed by atoms with Gasteiger partial charge in [-0.15, -0.1) is 0 Å². The zero-order chi connectivity index (χ0) is 14.7. The lowest BCUT2D eigenvalue weighted by Crippen LogP contribution is -2.32. The Balaban J connectivity index is 2.09. The molecule has 8 heteroatoms. The highest BCUT2D eigenvalue weighted by Crippen LogP contribution is 2.26. The third-order valence-electron chi connectivity index (χ3n) is 3.36. The lowest BCUT2D eigenvalue weighted by atomic mass is 10.0. The molecule has 1 aromatic rings. The second-order valence-corrected chi connectivity index (χ2v) is 4.95. The number of carbonyl (C=O) groups is 1. The monoisotopic (exact) mass is 299 g/mol. The van der Waals surface area contributed by atoms with Crippen molar-refractivity contribution >= 4 is 23.2 Å². The van der Waals surface area contributed by atoms with Gasteiger partial charge < -0.3 is 10.1 Å². The SMILES string of the molecule is CC1OCCC1CNC(=O)c1ccnc(Cl)c1[N+](=O)[O-]. The van der Waals surface area contributed by atoms with Gasteiger partial charge in [-0.25, -0.2) is 4.98 Å². The van der Waals surface area contributed by atoms with Crippen molar-refractivity contribution in [3.63, 3.8) is 0 Å². The predicted octanol–water partition coefficient (Wildman–Crippen LogP) is 1.80. The fraction of sp³-hybridized carbons (Fsp3) is 0.500. The van der Waals surface area contributed by atoms with E-state index in [1.165, 1.54) is 12.3 Å². The van der Waals surface area contributed by atoms with E-state index < -0.39 is 16.5 Å². The van der Waals surface area contributed by atoms with E-state index in [4.69, 9.17) is 16.3 Å². The van der Waals surface area contributed by atoms with Gasteiger partial charge in [0.1, 0.15) is 5.56 Å². The summed E-state index contributed by atoms with van der Waals surface area (Å²) in [6, 6.07) is 1.29. The fourth-order valence-electron chi connectivity index (χ4n) is 2.15. The van der Waals surface area contributed by atoms with Crippen molar-refractivity contribution in [1.82, 2.24) is 10.3 Å². The van der Waals surface area contributed by atoms with Gasteiger partial charge in [-0.3, -0.25) is 14.9 Å². The molecule has 20 heavy (non-hydrogen) atoms. The van der Waals surface area contributed by atoms with Crippen molar-refractivity contribution in [1.29, 1.82) is 0 Å². The Morgan fingerprint density at radius 3 is 3.05 bits per heavy atom. The molecule has 1 aromatic heterocycles. The number of nitrogens with one attached hydrogen (secondary N) is 1. The van der Waals surface area contributed by atoms with Gasteiger partial charge in [0.2, 0.25) is 5.15 Å². The molecule has 0 aromatic carbocycles. The van der Waals surface area contributed by atoms with Crippen molar-refractivity contribution < 1.29 is 14.5 Å². The van der Waals surface area contributed by atoms with E-state index in [1.807, 2.05) is 6.92 Å². The molecule has 1 aliphatic heterocycles. The molecule has 2 atom stereocenters. The average Bonchev–Trinajstić information content (AvgIpc) is 2.80. The molecular formula is C12H14ClN3O4. The number of carbonyl (C=O) groups excluding carboxylic acids is 1. The summed E-state index contributed by atoms with van der Waals surface area (Å²) in [6.07, 6.45) is 2.21. The van der Waals surface area contributed by atoms with Crippen molar-refractivity contribution in [3.8, 4) is 0 Å². The Kier molecular flexibility index (Phi) is 4.51. The quantitative estimate of drug-likeness (QED) is 0.519. The average molecular weight is 300 g/mol. The molecule has 0 aliphatic carbocycles. The molecule has 108 valence electrons. The summed E-state index contributed by atoms with van der Waals surface area (Å²) >= 11 is 5.67. The van der Waals surface area contributed by atoms with Crippen LogP contribution in [0, 0.1) is 16.0 Å². The van der Waals surface area contributed by atoms with E-state index in [2.05, 4.69) is 10.3 Å². The second kappa shape index (κ2) is 6.15. The van der Waals surface area contributed by atoms with Gasteiger partial charge in [0.05, 0.1) is 11.0 Å².